The van der Waals surface area contributed by atoms with E-state index < -0.39 is 10.0 Å². The molecule has 0 fully saturated rings. The number of thiophene rings is 1. The largest absolute Gasteiger partial charge is 0.314 e. The Hall–Kier alpha value is -0.0800. The van der Waals surface area contributed by atoms with Gasteiger partial charge in [-0.1, -0.05) is 13.8 Å². The number of hydrogen-bond acceptors (Lipinski definition) is 5. The van der Waals surface area contributed by atoms with Crippen LogP contribution in [0.4, 0.5) is 0 Å². The van der Waals surface area contributed by atoms with Crippen LogP contribution in [0.1, 0.15) is 32.6 Å². The predicted octanol–water partition coefficient (Wildman–Crippen LogP) is 2.71. The summed E-state index contributed by atoms with van der Waals surface area (Å²) in [5.74, 6) is 0. The minimum Gasteiger partial charge on any atom is -0.314 e. The summed E-state index contributed by atoms with van der Waals surface area (Å²) in [6, 6.07) is 4.05. The summed E-state index contributed by atoms with van der Waals surface area (Å²) in [5, 5.41) is 3.33. The van der Waals surface area contributed by atoms with E-state index >= 15 is 0 Å². The molecule has 0 unspecified atom stereocenters. The van der Waals surface area contributed by atoms with Crippen LogP contribution in [0.2, 0.25) is 0 Å². The molecule has 122 valence electrons. The summed E-state index contributed by atoms with van der Waals surface area (Å²) in [5.41, 5.74) is 0. The van der Waals surface area contributed by atoms with E-state index in [1.807, 2.05) is 26.2 Å². The number of nitrogens with one attached hydrogen (secondary N) is 2. The zero-order chi connectivity index (χ0) is 16.1. The van der Waals surface area contributed by atoms with E-state index in [1.54, 1.807) is 17.8 Å². The fraction of sp³-hybridized carbons (Fsp3) is 0.714. The van der Waals surface area contributed by atoms with Crippen LogP contribution in [-0.4, -0.2) is 38.6 Å². The molecule has 7 heteroatoms. The van der Waals surface area contributed by atoms with E-state index in [4.69, 9.17) is 0 Å². The molecule has 0 saturated heterocycles. The summed E-state index contributed by atoms with van der Waals surface area (Å²) >= 11 is 3.00. The Kier molecular flexibility index (Phi) is 7.19. The molecule has 2 N–H and O–H groups in total. The summed E-state index contributed by atoms with van der Waals surface area (Å²) in [6.45, 7) is 9.54. The van der Waals surface area contributed by atoms with Crippen molar-refractivity contribution in [1.29, 1.82) is 0 Å². The van der Waals surface area contributed by atoms with Gasteiger partial charge in [0.2, 0.25) is 10.0 Å². The summed E-state index contributed by atoms with van der Waals surface area (Å²) < 4.78 is 27.5. The Balaban J connectivity index is 2.62. The monoisotopic (exact) mass is 350 g/mol. The molecule has 0 saturated carbocycles. The lowest BCUT2D eigenvalue weighted by Gasteiger charge is -2.21. The number of hydrogen-bond donors (Lipinski definition) is 2. The van der Waals surface area contributed by atoms with Crippen LogP contribution in [0.15, 0.2) is 16.3 Å². The van der Waals surface area contributed by atoms with E-state index in [1.165, 1.54) is 11.3 Å². The van der Waals surface area contributed by atoms with Crippen molar-refractivity contribution in [1.82, 2.24) is 10.0 Å². The zero-order valence-corrected chi connectivity index (χ0v) is 15.8. The molecule has 0 aliphatic carbocycles. The quantitative estimate of drug-likeness (QED) is 0.719. The Labute approximate surface area is 137 Å². The fourth-order valence-electron chi connectivity index (χ4n) is 1.53. The van der Waals surface area contributed by atoms with Gasteiger partial charge >= 0.3 is 0 Å². The van der Waals surface area contributed by atoms with Gasteiger partial charge in [-0.25, -0.2) is 13.1 Å². The molecule has 0 amide bonds. The van der Waals surface area contributed by atoms with E-state index in [-0.39, 0.29) is 4.75 Å². The lowest BCUT2D eigenvalue weighted by Crippen LogP contribution is -2.35. The van der Waals surface area contributed by atoms with Crippen molar-refractivity contribution < 1.29 is 8.42 Å². The van der Waals surface area contributed by atoms with Gasteiger partial charge in [-0.3, -0.25) is 0 Å². The molecule has 0 aromatic carbocycles. The summed E-state index contributed by atoms with van der Waals surface area (Å²) in [4.78, 5) is 1.09. The van der Waals surface area contributed by atoms with Crippen molar-refractivity contribution in [3.05, 3.63) is 17.0 Å². The molecule has 0 atom stereocenters. The molecule has 21 heavy (non-hydrogen) atoms. The van der Waals surface area contributed by atoms with Crippen molar-refractivity contribution in [3.63, 3.8) is 0 Å². The molecule has 1 aromatic rings. The maximum absolute atomic E-state index is 12.3. The number of thioether (sulfide) groups is 1. The lowest BCUT2D eigenvalue weighted by atomic mass is 10.2. The van der Waals surface area contributed by atoms with Crippen LogP contribution in [0, 0.1) is 0 Å². The fourth-order valence-corrected chi connectivity index (χ4v) is 4.45. The van der Waals surface area contributed by atoms with Crippen LogP contribution >= 0.6 is 23.1 Å². The lowest BCUT2D eigenvalue weighted by molar-refractivity contribution is 0.573. The highest BCUT2D eigenvalue weighted by Gasteiger charge is 2.22. The Morgan fingerprint density at radius 1 is 1.33 bits per heavy atom. The van der Waals surface area contributed by atoms with E-state index in [2.05, 4.69) is 23.9 Å². The van der Waals surface area contributed by atoms with Gasteiger partial charge in [0.05, 0.1) is 0 Å². The molecule has 0 spiro atoms. The Bertz CT molecular complexity index is 536. The standard InChI is InChI=1S/C14H26N2O2S3/c1-11(2)15-9-8-12-6-7-13(20-12)21(17,18)16-10-14(3,4)19-5/h6-7,11,15-16H,8-10H2,1-5H3. The topological polar surface area (TPSA) is 58.2 Å². The third kappa shape index (κ3) is 6.69. The highest BCUT2D eigenvalue weighted by Crippen LogP contribution is 2.24. The molecule has 1 heterocycles. The first-order valence-electron chi connectivity index (χ1n) is 7.03. The molecule has 0 aliphatic rings. The normalized spacial score (nSPS) is 13.0. The third-order valence-corrected chi connectivity index (χ3v) is 7.35. The first kappa shape index (κ1) is 19.0. The number of rotatable bonds is 9. The van der Waals surface area contributed by atoms with Gasteiger partial charge in [-0.15, -0.1) is 11.3 Å². The van der Waals surface area contributed by atoms with Crippen molar-refractivity contribution in [2.24, 2.45) is 0 Å². The van der Waals surface area contributed by atoms with Crippen LogP contribution < -0.4 is 10.0 Å². The molecule has 1 aromatic heterocycles. The van der Waals surface area contributed by atoms with Gasteiger partial charge in [-0.05, 0) is 38.7 Å². The molecule has 4 nitrogen and oxygen atoms in total. The first-order valence-corrected chi connectivity index (χ1v) is 10.6. The average Bonchev–Trinajstić information content (AvgIpc) is 2.86. The van der Waals surface area contributed by atoms with Crippen molar-refractivity contribution in [2.45, 2.75) is 49.1 Å². The van der Waals surface area contributed by atoms with Gasteiger partial charge in [0.15, 0.2) is 0 Å². The van der Waals surface area contributed by atoms with Crippen LogP contribution in [0.3, 0.4) is 0 Å². The average molecular weight is 351 g/mol. The van der Waals surface area contributed by atoms with Crippen LogP contribution in [0.25, 0.3) is 0 Å². The summed E-state index contributed by atoms with van der Waals surface area (Å²) in [7, 11) is -3.39. The molecule has 0 aliphatic heterocycles. The third-order valence-electron chi connectivity index (χ3n) is 3.07. The van der Waals surface area contributed by atoms with Crippen LogP contribution in [-0.2, 0) is 16.4 Å². The zero-order valence-electron chi connectivity index (χ0n) is 13.4. The maximum atomic E-state index is 12.3. The highest BCUT2D eigenvalue weighted by molar-refractivity contribution is 8.00. The van der Waals surface area contributed by atoms with Crippen molar-refractivity contribution in [3.8, 4) is 0 Å². The second kappa shape index (κ2) is 7.97. The molecule has 0 bridgehead atoms. The molecular weight excluding hydrogens is 324 g/mol. The van der Waals surface area contributed by atoms with Crippen molar-refractivity contribution >= 4 is 33.1 Å². The molecule has 0 radical (unpaired) electrons. The predicted molar refractivity (Wildman–Crippen MR) is 93.9 cm³/mol. The van der Waals surface area contributed by atoms with Crippen LogP contribution in [0.5, 0.6) is 0 Å². The van der Waals surface area contributed by atoms with Gasteiger partial charge in [0.1, 0.15) is 4.21 Å². The van der Waals surface area contributed by atoms with E-state index in [0.29, 0.717) is 16.8 Å². The minimum absolute atomic E-state index is 0.103. The molecule has 1 rings (SSSR count). The van der Waals surface area contributed by atoms with E-state index in [9.17, 15) is 8.42 Å². The first-order chi connectivity index (χ1) is 9.66. The smallest absolute Gasteiger partial charge is 0.250 e. The Morgan fingerprint density at radius 2 is 2.00 bits per heavy atom. The highest BCUT2D eigenvalue weighted by atomic mass is 32.2. The van der Waals surface area contributed by atoms with Gasteiger partial charge in [-0.2, -0.15) is 11.8 Å². The second-order valence-electron chi connectivity index (χ2n) is 5.87. The van der Waals surface area contributed by atoms with Crippen molar-refractivity contribution in [2.75, 3.05) is 19.3 Å². The minimum atomic E-state index is -3.39. The number of sulfonamides is 1. The van der Waals surface area contributed by atoms with Gasteiger partial charge < -0.3 is 5.32 Å². The maximum Gasteiger partial charge on any atom is 0.250 e. The SMILES string of the molecule is CSC(C)(C)CNS(=O)(=O)c1ccc(CCNC(C)C)s1. The second-order valence-corrected chi connectivity index (χ2v) is 10.5. The van der Waals surface area contributed by atoms with Gasteiger partial charge in [0.25, 0.3) is 0 Å². The Morgan fingerprint density at radius 3 is 2.57 bits per heavy atom. The van der Waals surface area contributed by atoms with E-state index in [0.717, 1.165) is 17.8 Å². The van der Waals surface area contributed by atoms with Gasteiger partial charge in [0, 0.05) is 28.8 Å². The summed E-state index contributed by atoms with van der Waals surface area (Å²) in [6.07, 6.45) is 2.84. The molecular formula is C14H26N2O2S3.